The maximum absolute atomic E-state index is 13.4. The zero-order valence-electron chi connectivity index (χ0n) is 9.42. The van der Waals surface area contributed by atoms with Gasteiger partial charge in [0.05, 0.1) is 15.9 Å². The fraction of sp³-hybridized carbons (Fsp3) is 0.455. The molecular formula is C11H12BrF2NO2S. The van der Waals surface area contributed by atoms with Crippen LogP contribution in [0.15, 0.2) is 16.6 Å². The molecule has 0 aliphatic heterocycles. The first-order chi connectivity index (χ1) is 8.37. The summed E-state index contributed by atoms with van der Waals surface area (Å²) in [6.45, 7) is 0. The molecular weight excluding hydrogens is 328 g/mol. The first-order valence-electron chi connectivity index (χ1n) is 5.52. The second-order valence-corrected chi connectivity index (χ2v) is 7.10. The summed E-state index contributed by atoms with van der Waals surface area (Å²) in [7, 11) is -3.61. The zero-order valence-corrected chi connectivity index (χ0v) is 11.8. The molecule has 0 heterocycles. The molecule has 0 bridgehead atoms. The predicted molar refractivity (Wildman–Crippen MR) is 68.8 cm³/mol. The number of hydrogen-bond acceptors (Lipinski definition) is 2. The smallest absolute Gasteiger partial charge is 0.232 e. The summed E-state index contributed by atoms with van der Waals surface area (Å²) < 4.78 is 52.0. The highest BCUT2D eigenvalue weighted by Gasteiger charge is 2.24. The minimum atomic E-state index is -3.61. The quantitative estimate of drug-likeness (QED) is 0.837. The summed E-state index contributed by atoms with van der Waals surface area (Å²) >= 11 is 2.83. The van der Waals surface area contributed by atoms with E-state index < -0.39 is 21.7 Å². The fourth-order valence-electron chi connectivity index (χ4n) is 1.55. The average Bonchev–Trinajstić information content (AvgIpc) is 3.07. The average molecular weight is 340 g/mol. The highest BCUT2D eigenvalue weighted by Crippen LogP contribution is 2.33. The standard InChI is InChI=1S/C11H12BrF2NO2S/c12-8-5-10(14)11(6-9(8)13)15-18(16,17)4-3-7-1-2-7/h5-7,15H,1-4H2. The molecule has 1 aliphatic carbocycles. The van der Waals surface area contributed by atoms with Crippen molar-refractivity contribution in [3.8, 4) is 0 Å². The fourth-order valence-corrected chi connectivity index (χ4v) is 3.10. The minimum absolute atomic E-state index is 0.0408. The molecule has 0 saturated heterocycles. The van der Waals surface area contributed by atoms with Crippen LogP contribution in [-0.4, -0.2) is 14.2 Å². The van der Waals surface area contributed by atoms with Crippen molar-refractivity contribution in [3.05, 3.63) is 28.2 Å². The van der Waals surface area contributed by atoms with Gasteiger partial charge in [0.2, 0.25) is 10.0 Å². The van der Waals surface area contributed by atoms with E-state index in [-0.39, 0.29) is 15.9 Å². The van der Waals surface area contributed by atoms with E-state index in [4.69, 9.17) is 0 Å². The minimum Gasteiger partial charge on any atom is -0.280 e. The Morgan fingerprint density at radius 1 is 1.28 bits per heavy atom. The normalized spacial score (nSPS) is 15.7. The lowest BCUT2D eigenvalue weighted by molar-refractivity contribution is 0.589. The van der Waals surface area contributed by atoms with Gasteiger partial charge in [-0.2, -0.15) is 0 Å². The van der Waals surface area contributed by atoms with Crippen molar-refractivity contribution in [1.82, 2.24) is 0 Å². The monoisotopic (exact) mass is 339 g/mol. The maximum Gasteiger partial charge on any atom is 0.232 e. The van der Waals surface area contributed by atoms with Crippen molar-refractivity contribution >= 4 is 31.6 Å². The molecule has 1 N–H and O–H groups in total. The van der Waals surface area contributed by atoms with Crippen molar-refractivity contribution in [1.29, 1.82) is 0 Å². The Morgan fingerprint density at radius 3 is 2.56 bits per heavy atom. The first-order valence-corrected chi connectivity index (χ1v) is 7.97. The third kappa shape index (κ3) is 3.65. The highest BCUT2D eigenvalue weighted by atomic mass is 79.9. The summed E-state index contributed by atoms with van der Waals surface area (Å²) in [5.41, 5.74) is -0.355. The summed E-state index contributed by atoms with van der Waals surface area (Å²) in [5, 5.41) is 0. The molecule has 1 fully saturated rings. The van der Waals surface area contributed by atoms with Crippen LogP contribution in [0.25, 0.3) is 0 Å². The van der Waals surface area contributed by atoms with Crippen LogP contribution >= 0.6 is 15.9 Å². The second-order valence-electron chi connectivity index (χ2n) is 4.40. The van der Waals surface area contributed by atoms with Crippen molar-refractivity contribution < 1.29 is 17.2 Å². The number of hydrogen-bond donors (Lipinski definition) is 1. The number of halogens is 3. The molecule has 0 atom stereocenters. The molecule has 3 nitrogen and oxygen atoms in total. The molecule has 18 heavy (non-hydrogen) atoms. The van der Waals surface area contributed by atoms with Gasteiger partial charge < -0.3 is 0 Å². The molecule has 100 valence electrons. The van der Waals surface area contributed by atoms with Crippen LogP contribution in [0.2, 0.25) is 0 Å². The highest BCUT2D eigenvalue weighted by molar-refractivity contribution is 9.10. The van der Waals surface area contributed by atoms with Crippen LogP contribution in [0.1, 0.15) is 19.3 Å². The van der Waals surface area contributed by atoms with E-state index in [2.05, 4.69) is 20.7 Å². The third-order valence-electron chi connectivity index (χ3n) is 2.77. The molecule has 0 amide bonds. The molecule has 0 unspecified atom stereocenters. The van der Waals surface area contributed by atoms with E-state index in [1.165, 1.54) is 0 Å². The van der Waals surface area contributed by atoms with E-state index in [1.807, 2.05) is 0 Å². The Balaban J connectivity index is 2.09. The van der Waals surface area contributed by atoms with E-state index in [0.29, 0.717) is 12.3 Å². The van der Waals surface area contributed by atoms with Crippen molar-refractivity contribution in [2.24, 2.45) is 5.92 Å². The molecule has 0 spiro atoms. The van der Waals surface area contributed by atoms with Gasteiger partial charge in [-0.15, -0.1) is 0 Å². The Kier molecular flexibility index (Phi) is 3.91. The summed E-state index contributed by atoms with van der Waals surface area (Å²) in [6.07, 6.45) is 2.67. The van der Waals surface area contributed by atoms with Gasteiger partial charge >= 0.3 is 0 Å². The van der Waals surface area contributed by atoms with Gasteiger partial charge in [0.1, 0.15) is 11.6 Å². The van der Waals surface area contributed by atoms with Crippen LogP contribution in [-0.2, 0) is 10.0 Å². The van der Waals surface area contributed by atoms with Gasteiger partial charge in [-0.1, -0.05) is 12.8 Å². The van der Waals surface area contributed by atoms with Gasteiger partial charge in [0.15, 0.2) is 0 Å². The van der Waals surface area contributed by atoms with Crippen molar-refractivity contribution in [2.45, 2.75) is 19.3 Å². The molecule has 1 aromatic rings. The van der Waals surface area contributed by atoms with Gasteiger partial charge in [-0.05, 0) is 34.3 Å². The Bertz CT molecular complexity index is 558. The Hall–Kier alpha value is -0.690. The lowest BCUT2D eigenvalue weighted by Crippen LogP contribution is -2.18. The number of nitrogens with one attached hydrogen (secondary N) is 1. The molecule has 1 aromatic carbocycles. The van der Waals surface area contributed by atoms with Crippen LogP contribution in [0.4, 0.5) is 14.5 Å². The number of anilines is 1. The molecule has 7 heteroatoms. The SMILES string of the molecule is O=S(=O)(CCC1CC1)Nc1cc(F)c(Br)cc1F. The third-order valence-corrected chi connectivity index (χ3v) is 4.68. The van der Waals surface area contributed by atoms with E-state index >= 15 is 0 Å². The zero-order chi connectivity index (χ0) is 13.3. The first kappa shape index (κ1) is 13.7. The van der Waals surface area contributed by atoms with Crippen molar-refractivity contribution in [3.63, 3.8) is 0 Å². The molecule has 1 saturated carbocycles. The summed E-state index contributed by atoms with van der Waals surface area (Å²) in [6, 6.07) is 1.72. The van der Waals surface area contributed by atoms with Crippen molar-refractivity contribution in [2.75, 3.05) is 10.5 Å². The van der Waals surface area contributed by atoms with Crippen LogP contribution in [0.3, 0.4) is 0 Å². The lowest BCUT2D eigenvalue weighted by Gasteiger charge is -2.09. The van der Waals surface area contributed by atoms with Gasteiger partial charge in [-0.25, -0.2) is 17.2 Å². The van der Waals surface area contributed by atoms with Gasteiger partial charge in [-0.3, -0.25) is 4.72 Å². The van der Waals surface area contributed by atoms with Crippen LogP contribution in [0.5, 0.6) is 0 Å². The number of benzene rings is 1. The molecule has 2 rings (SSSR count). The predicted octanol–water partition coefficient (Wildman–Crippen LogP) is 3.27. The van der Waals surface area contributed by atoms with Crippen LogP contribution in [0, 0.1) is 17.6 Å². The summed E-state index contributed by atoms with van der Waals surface area (Å²) in [4.78, 5) is 0. The Morgan fingerprint density at radius 2 is 1.94 bits per heavy atom. The Labute approximate surface area is 113 Å². The molecule has 0 radical (unpaired) electrons. The topological polar surface area (TPSA) is 46.2 Å². The molecule has 0 aromatic heterocycles. The summed E-state index contributed by atoms with van der Waals surface area (Å²) in [5.74, 6) is -1.11. The molecule has 1 aliphatic rings. The van der Waals surface area contributed by atoms with E-state index in [1.54, 1.807) is 0 Å². The van der Waals surface area contributed by atoms with Crippen LogP contribution < -0.4 is 4.72 Å². The van der Waals surface area contributed by atoms with Gasteiger partial charge in [0.25, 0.3) is 0 Å². The maximum atomic E-state index is 13.4. The largest absolute Gasteiger partial charge is 0.280 e. The lowest BCUT2D eigenvalue weighted by atomic mass is 10.3. The van der Waals surface area contributed by atoms with E-state index in [0.717, 1.165) is 25.0 Å². The number of sulfonamides is 1. The second kappa shape index (κ2) is 5.13. The van der Waals surface area contributed by atoms with E-state index in [9.17, 15) is 17.2 Å². The number of rotatable bonds is 5. The van der Waals surface area contributed by atoms with Gasteiger partial charge in [0, 0.05) is 6.07 Å².